The van der Waals surface area contributed by atoms with Crippen LogP contribution in [0.25, 0.3) is 10.4 Å². The Morgan fingerprint density at radius 3 is 2.61 bits per heavy atom. The highest BCUT2D eigenvalue weighted by atomic mass is 79.9. The molecule has 1 rings (SSSR count). The van der Waals surface area contributed by atoms with Crippen molar-refractivity contribution in [3.05, 3.63) is 32.4 Å². The zero-order valence-corrected chi connectivity index (χ0v) is 15.1. The number of ether oxygens (including phenoxy) is 2. The third kappa shape index (κ3) is 4.78. The number of amides is 1. The Balaban J connectivity index is 3.25. The average molecular weight is 409 g/mol. The van der Waals surface area contributed by atoms with Crippen molar-refractivity contribution in [1.29, 1.82) is 0 Å². The highest BCUT2D eigenvalue weighted by Crippen LogP contribution is 2.36. The van der Waals surface area contributed by atoms with E-state index in [4.69, 9.17) is 21.9 Å². The van der Waals surface area contributed by atoms with E-state index in [0.717, 1.165) is 0 Å². The number of alkyl halides is 1. The second-order valence-electron chi connectivity index (χ2n) is 5.32. The van der Waals surface area contributed by atoms with Gasteiger partial charge in [0.1, 0.15) is 5.60 Å². The maximum atomic E-state index is 12.0. The molecule has 0 bridgehead atoms. The van der Waals surface area contributed by atoms with Gasteiger partial charge in [-0.05, 0) is 47.3 Å². The van der Waals surface area contributed by atoms with Crippen LogP contribution in [-0.2, 0) is 14.3 Å². The molecule has 23 heavy (non-hydrogen) atoms. The molecule has 0 aromatic carbocycles. The first-order valence-electron chi connectivity index (χ1n) is 6.26. The van der Waals surface area contributed by atoms with Gasteiger partial charge >= 0.3 is 12.1 Å². The summed E-state index contributed by atoms with van der Waals surface area (Å²) >= 11 is 9.25. The first-order chi connectivity index (χ1) is 10.5. The Kier molecular flexibility index (Phi) is 5.92. The molecule has 0 aromatic rings. The third-order valence-electron chi connectivity index (χ3n) is 2.40. The monoisotopic (exact) mass is 407 g/mol. The number of halogens is 2. The summed E-state index contributed by atoms with van der Waals surface area (Å²) in [5, 5.41) is 6.60. The number of hydrogen-bond acceptors (Lipinski definition) is 6. The minimum Gasteiger partial charge on any atom is -0.465 e. The van der Waals surface area contributed by atoms with Gasteiger partial charge in [0.15, 0.2) is 0 Å². The summed E-state index contributed by atoms with van der Waals surface area (Å²) in [4.78, 5) is 26.4. The molecular formula is C12H15BrClN5O4. The number of rotatable bonds is 3. The summed E-state index contributed by atoms with van der Waals surface area (Å²) in [6.45, 7) is 5.05. The summed E-state index contributed by atoms with van der Waals surface area (Å²) in [7, 11) is 1.18. The van der Waals surface area contributed by atoms with Crippen LogP contribution in [0.4, 0.5) is 4.79 Å². The van der Waals surface area contributed by atoms with Crippen LogP contribution in [0.2, 0.25) is 0 Å². The van der Waals surface area contributed by atoms with Gasteiger partial charge in [-0.3, -0.25) is 5.32 Å². The minimum atomic E-state index is -1.74. The van der Waals surface area contributed by atoms with Gasteiger partial charge in [-0.2, -0.15) is 0 Å². The Labute approximate surface area is 145 Å². The number of alkyl carbamates (subject to hydrolysis) is 1. The molecule has 1 amide bonds. The molecule has 0 fully saturated rings. The Morgan fingerprint density at radius 2 is 2.13 bits per heavy atom. The number of nitrogens with zero attached hydrogens (tertiary/aromatic N) is 3. The lowest BCUT2D eigenvalue weighted by Crippen LogP contribution is -2.43. The van der Waals surface area contributed by atoms with Gasteiger partial charge in [-0.1, -0.05) is 11.6 Å². The molecular weight excluding hydrogens is 394 g/mol. The van der Waals surface area contributed by atoms with Crippen LogP contribution >= 0.6 is 27.5 Å². The van der Waals surface area contributed by atoms with E-state index in [0.29, 0.717) is 0 Å². The predicted molar refractivity (Wildman–Crippen MR) is 86.3 cm³/mol. The van der Waals surface area contributed by atoms with E-state index >= 15 is 0 Å². The maximum Gasteiger partial charge on any atom is 0.412 e. The number of hydrogen-bond donors (Lipinski definition) is 2. The molecule has 1 aliphatic rings. The predicted octanol–water partition coefficient (Wildman–Crippen LogP) is 2.98. The molecule has 2 N–H and O–H groups in total. The molecule has 0 aliphatic carbocycles. The van der Waals surface area contributed by atoms with Gasteiger partial charge in [0.25, 0.3) is 0 Å². The SMILES string of the molecule is COC(=O)C1=CNC(Cl)(N=[N+]=[N-])C(Br)=C1NC(=O)OC(C)(C)C. The summed E-state index contributed by atoms with van der Waals surface area (Å²) in [5.41, 5.74) is 7.79. The fourth-order valence-corrected chi connectivity index (χ4v) is 2.21. The van der Waals surface area contributed by atoms with E-state index < -0.39 is 22.8 Å². The smallest absolute Gasteiger partial charge is 0.412 e. The van der Waals surface area contributed by atoms with Crippen LogP contribution in [-0.4, -0.2) is 29.9 Å². The molecule has 11 heteroatoms. The van der Waals surface area contributed by atoms with Crippen molar-refractivity contribution in [2.24, 2.45) is 5.11 Å². The molecule has 0 saturated carbocycles. The van der Waals surface area contributed by atoms with Crippen molar-refractivity contribution in [2.75, 3.05) is 7.11 Å². The third-order valence-corrected chi connectivity index (χ3v) is 3.97. The lowest BCUT2D eigenvalue weighted by Gasteiger charge is -2.30. The second-order valence-corrected chi connectivity index (χ2v) is 6.66. The van der Waals surface area contributed by atoms with Gasteiger partial charge in [0, 0.05) is 11.1 Å². The Morgan fingerprint density at radius 1 is 1.52 bits per heavy atom. The molecule has 0 aromatic heterocycles. The zero-order valence-electron chi connectivity index (χ0n) is 12.8. The number of azide groups is 1. The van der Waals surface area contributed by atoms with E-state index in [9.17, 15) is 9.59 Å². The molecule has 1 atom stereocenters. The van der Waals surface area contributed by atoms with Crippen molar-refractivity contribution in [3.8, 4) is 0 Å². The van der Waals surface area contributed by atoms with E-state index in [1.165, 1.54) is 13.3 Å². The quantitative estimate of drug-likeness (QED) is 0.185. The fourth-order valence-electron chi connectivity index (χ4n) is 1.52. The number of methoxy groups -OCH3 is 1. The van der Waals surface area contributed by atoms with Gasteiger partial charge in [-0.15, -0.1) is 0 Å². The normalized spacial score (nSPS) is 20.7. The van der Waals surface area contributed by atoms with Crippen molar-refractivity contribution in [3.63, 3.8) is 0 Å². The molecule has 126 valence electrons. The first-order valence-corrected chi connectivity index (χ1v) is 7.43. The topological polar surface area (TPSA) is 125 Å². The first kappa shape index (κ1) is 19.1. The molecule has 1 aliphatic heterocycles. The van der Waals surface area contributed by atoms with E-state index in [1.807, 2.05) is 0 Å². The lowest BCUT2D eigenvalue weighted by atomic mass is 10.1. The molecule has 0 saturated heterocycles. The Hall–Kier alpha value is -1.90. The lowest BCUT2D eigenvalue weighted by molar-refractivity contribution is -0.135. The average Bonchev–Trinajstić information content (AvgIpc) is 2.42. The van der Waals surface area contributed by atoms with Crippen molar-refractivity contribution >= 4 is 39.6 Å². The number of dihydropyridines is 1. The number of carbonyl (C=O) groups excluding carboxylic acids is 2. The van der Waals surface area contributed by atoms with E-state index in [-0.39, 0.29) is 15.8 Å². The highest BCUT2D eigenvalue weighted by Gasteiger charge is 2.38. The van der Waals surface area contributed by atoms with Crippen LogP contribution in [0.15, 0.2) is 27.1 Å². The summed E-state index contributed by atoms with van der Waals surface area (Å²) < 4.78 is 9.79. The van der Waals surface area contributed by atoms with Crippen LogP contribution in [0, 0.1) is 0 Å². The zero-order chi connectivity index (χ0) is 17.8. The van der Waals surface area contributed by atoms with Gasteiger partial charge in [0.05, 0.1) is 22.9 Å². The Bertz CT molecular complexity index is 636. The standard InChI is InChI=1S/C12H15BrClN5O4/c1-11(2,3)23-10(21)17-7-6(9(20)22-4)5-16-12(14,8(7)13)18-19-15/h5,16H,1-4H3,(H,17,21). The molecule has 1 heterocycles. The maximum absolute atomic E-state index is 12.0. The molecule has 0 radical (unpaired) electrons. The molecule has 0 spiro atoms. The van der Waals surface area contributed by atoms with Crippen LogP contribution in [0.3, 0.4) is 0 Å². The van der Waals surface area contributed by atoms with Crippen LogP contribution in [0.5, 0.6) is 0 Å². The van der Waals surface area contributed by atoms with Gasteiger partial charge in [-0.25, -0.2) is 9.59 Å². The number of esters is 1. The minimum absolute atomic E-state index is 0.0261. The van der Waals surface area contributed by atoms with E-state index in [1.54, 1.807) is 20.8 Å². The second kappa shape index (κ2) is 7.12. The van der Waals surface area contributed by atoms with Gasteiger partial charge < -0.3 is 14.8 Å². The van der Waals surface area contributed by atoms with Crippen LogP contribution in [0.1, 0.15) is 20.8 Å². The van der Waals surface area contributed by atoms with Gasteiger partial charge in [0.2, 0.25) is 5.12 Å². The summed E-state index contributed by atoms with van der Waals surface area (Å²) in [6.07, 6.45) is 0.353. The van der Waals surface area contributed by atoms with Crippen molar-refractivity contribution in [1.82, 2.24) is 10.6 Å². The number of nitrogens with one attached hydrogen (secondary N) is 2. The van der Waals surface area contributed by atoms with Crippen molar-refractivity contribution < 1.29 is 19.1 Å². The van der Waals surface area contributed by atoms with E-state index in [2.05, 4.69) is 41.3 Å². The summed E-state index contributed by atoms with van der Waals surface area (Å²) in [5.74, 6) is -0.736. The summed E-state index contributed by atoms with van der Waals surface area (Å²) in [6, 6.07) is 0. The van der Waals surface area contributed by atoms with Crippen molar-refractivity contribution in [2.45, 2.75) is 31.5 Å². The fraction of sp³-hybridized carbons (Fsp3) is 0.500. The number of carbonyl (C=O) groups is 2. The largest absolute Gasteiger partial charge is 0.465 e. The van der Waals surface area contributed by atoms with Crippen LogP contribution < -0.4 is 10.6 Å². The molecule has 9 nitrogen and oxygen atoms in total. The molecule has 1 unspecified atom stereocenters. The highest BCUT2D eigenvalue weighted by molar-refractivity contribution is 9.11.